The molecule has 2 aromatic carbocycles. The van der Waals surface area contributed by atoms with Crippen LogP contribution in [0.3, 0.4) is 0 Å². The minimum absolute atomic E-state index is 0.264. The number of aromatic hydroxyl groups is 1. The molecule has 11 atom stereocenters. The summed E-state index contributed by atoms with van der Waals surface area (Å²) in [5, 5.41) is 104. The summed E-state index contributed by atoms with van der Waals surface area (Å²) in [7, 11) is 0. The van der Waals surface area contributed by atoms with Gasteiger partial charge in [0.05, 0.1) is 24.3 Å². The largest absolute Gasteiger partial charge is 0.507 e. The van der Waals surface area contributed by atoms with E-state index in [1.54, 1.807) is 6.92 Å². The molecule has 0 radical (unpaired) electrons. The van der Waals surface area contributed by atoms with Crippen LogP contribution in [-0.4, -0.2) is 131 Å². The molecule has 15 heteroatoms. The number of phenols is 1. The zero-order valence-electron chi connectivity index (χ0n) is 22.1. The summed E-state index contributed by atoms with van der Waals surface area (Å²) < 4.78 is 22.4. The Balaban J connectivity index is 1.61. The molecule has 2 saturated heterocycles. The van der Waals surface area contributed by atoms with Gasteiger partial charge in [-0.1, -0.05) is 12.1 Å². The molecule has 3 aliphatic rings. The van der Waals surface area contributed by atoms with Gasteiger partial charge in [0.25, 0.3) is 0 Å². The van der Waals surface area contributed by atoms with Crippen LogP contribution in [-0.2, 0) is 20.0 Å². The van der Waals surface area contributed by atoms with Gasteiger partial charge in [0, 0.05) is 11.1 Å². The van der Waals surface area contributed by atoms with Crippen LogP contribution >= 0.6 is 0 Å². The topological polar surface area (TPSA) is 256 Å². The zero-order chi connectivity index (χ0) is 30.7. The highest BCUT2D eigenvalue weighted by atomic mass is 16.8. The molecule has 10 N–H and O–H groups in total. The third kappa shape index (κ3) is 4.86. The lowest BCUT2D eigenvalue weighted by Crippen LogP contribution is -2.61. The van der Waals surface area contributed by atoms with Crippen molar-refractivity contribution in [3.8, 4) is 11.5 Å². The summed E-state index contributed by atoms with van der Waals surface area (Å²) in [6.45, 7) is 0.0305. The van der Waals surface area contributed by atoms with Gasteiger partial charge in [-0.25, -0.2) is 0 Å². The highest BCUT2D eigenvalue weighted by Gasteiger charge is 2.53. The third-order valence-corrected chi connectivity index (χ3v) is 7.70. The van der Waals surface area contributed by atoms with Gasteiger partial charge in [-0.15, -0.1) is 0 Å². The molecular formula is C27H32O15. The summed E-state index contributed by atoms with van der Waals surface area (Å²) in [4.78, 5) is 13.8. The van der Waals surface area contributed by atoms with Crippen molar-refractivity contribution < 1.29 is 74.8 Å². The Hall–Kier alpha value is -2.77. The number of carbonyl (C=O) groups is 1. The van der Waals surface area contributed by atoms with E-state index >= 15 is 0 Å². The van der Waals surface area contributed by atoms with Crippen molar-refractivity contribution in [1.82, 2.24) is 0 Å². The van der Waals surface area contributed by atoms with Gasteiger partial charge in [0.2, 0.25) is 17.9 Å². The van der Waals surface area contributed by atoms with Crippen LogP contribution in [0.5, 0.6) is 11.5 Å². The second-order valence-corrected chi connectivity index (χ2v) is 10.5. The first kappa shape index (κ1) is 30.7. The molecule has 0 unspecified atom stereocenters. The zero-order valence-corrected chi connectivity index (χ0v) is 22.1. The maximum atomic E-state index is 13.8. The average Bonchev–Trinajstić information content (AvgIpc) is 2.96. The molecule has 2 aliphatic heterocycles. The first-order valence-electron chi connectivity index (χ1n) is 13.0. The van der Waals surface area contributed by atoms with Gasteiger partial charge < -0.3 is 70.0 Å². The summed E-state index contributed by atoms with van der Waals surface area (Å²) in [5.74, 6) is -4.44. The van der Waals surface area contributed by atoms with Gasteiger partial charge in [-0.05, 0) is 30.7 Å². The van der Waals surface area contributed by atoms with Crippen LogP contribution in [0.4, 0.5) is 0 Å². The fourth-order valence-electron chi connectivity index (χ4n) is 5.44. The molecule has 2 heterocycles. The Kier molecular flexibility index (Phi) is 8.31. The van der Waals surface area contributed by atoms with Gasteiger partial charge in [0.1, 0.15) is 60.3 Å². The molecule has 42 heavy (non-hydrogen) atoms. The second-order valence-electron chi connectivity index (χ2n) is 10.5. The molecule has 5 rings (SSSR count). The number of ketones is 1. The molecule has 1 aliphatic carbocycles. The molecule has 2 fully saturated rings. The van der Waals surface area contributed by atoms with Crippen molar-refractivity contribution in [2.24, 2.45) is 0 Å². The number of aliphatic hydroxyl groups excluding tert-OH is 8. The Bertz CT molecular complexity index is 1330. The SMILES string of the molecule is Cc1cc(O)c2c(c1)[C@](O)(O[C@@H]1O[C@H](CO)[C@@H](O)[C@H](O)[C@H]1O)c1cccc(O[C@@H]3O[C@H](CO)[C@@H](O)[C@H](O)[C@H]3O)c1C2=O. The Morgan fingerprint density at radius 2 is 1.36 bits per heavy atom. The lowest BCUT2D eigenvalue weighted by Gasteiger charge is -2.44. The number of ether oxygens (including phenoxy) is 4. The van der Waals surface area contributed by atoms with Crippen molar-refractivity contribution in [2.45, 2.75) is 74.1 Å². The average molecular weight is 597 g/mol. The summed E-state index contributed by atoms with van der Waals surface area (Å²) in [6, 6.07) is 6.43. The molecule has 0 spiro atoms. The van der Waals surface area contributed by atoms with E-state index in [0.717, 1.165) is 0 Å². The highest BCUT2D eigenvalue weighted by molar-refractivity contribution is 6.16. The van der Waals surface area contributed by atoms with Crippen molar-refractivity contribution in [2.75, 3.05) is 13.2 Å². The minimum atomic E-state index is -2.69. The number of carbonyl (C=O) groups excluding carboxylic acids is 1. The van der Waals surface area contributed by atoms with E-state index in [1.165, 1.54) is 30.3 Å². The quantitative estimate of drug-likeness (QED) is 0.145. The Morgan fingerprint density at radius 3 is 1.95 bits per heavy atom. The van der Waals surface area contributed by atoms with Gasteiger partial charge in [-0.3, -0.25) is 4.79 Å². The van der Waals surface area contributed by atoms with Crippen LogP contribution in [0.15, 0.2) is 30.3 Å². The molecule has 0 amide bonds. The van der Waals surface area contributed by atoms with Gasteiger partial charge >= 0.3 is 0 Å². The molecular weight excluding hydrogens is 564 g/mol. The van der Waals surface area contributed by atoms with Crippen molar-refractivity contribution in [3.05, 3.63) is 58.1 Å². The summed E-state index contributed by atoms with van der Waals surface area (Å²) in [5.41, 5.74) is -0.978. The van der Waals surface area contributed by atoms with Crippen molar-refractivity contribution >= 4 is 5.78 Å². The number of rotatable bonds is 6. The van der Waals surface area contributed by atoms with Crippen molar-refractivity contribution in [1.29, 1.82) is 0 Å². The Morgan fingerprint density at radius 1 is 0.786 bits per heavy atom. The number of hydrogen-bond donors (Lipinski definition) is 10. The number of fused-ring (bicyclic) bond motifs is 2. The third-order valence-electron chi connectivity index (χ3n) is 7.70. The van der Waals surface area contributed by atoms with E-state index in [1.807, 2.05) is 0 Å². The number of phenolic OH excluding ortho intramolecular Hbond substituents is 1. The Labute approximate surface area is 238 Å². The molecule has 230 valence electrons. The molecule has 0 saturated carbocycles. The van der Waals surface area contributed by atoms with E-state index in [9.17, 15) is 55.9 Å². The van der Waals surface area contributed by atoms with Crippen LogP contribution in [0.25, 0.3) is 0 Å². The highest BCUT2D eigenvalue weighted by Crippen LogP contribution is 2.48. The maximum Gasteiger partial charge on any atom is 0.229 e. The van der Waals surface area contributed by atoms with Crippen LogP contribution in [0, 0.1) is 6.92 Å². The van der Waals surface area contributed by atoms with Crippen molar-refractivity contribution in [3.63, 3.8) is 0 Å². The molecule has 2 aromatic rings. The van der Waals surface area contributed by atoms with Gasteiger partial charge in [-0.2, -0.15) is 0 Å². The van der Waals surface area contributed by atoms with E-state index < -0.39 is 103 Å². The van der Waals surface area contributed by atoms with E-state index in [0.29, 0.717) is 5.56 Å². The number of aryl methyl sites for hydroxylation is 1. The number of benzene rings is 2. The fourth-order valence-corrected chi connectivity index (χ4v) is 5.44. The summed E-state index contributed by atoms with van der Waals surface area (Å²) in [6.07, 6.45) is -17.2. The number of hydrogen-bond acceptors (Lipinski definition) is 15. The van der Waals surface area contributed by atoms with Crippen LogP contribution in [0.1, 0.15) is 32.6 Å². The number of aliphatic hydroxyl groups is 9. The standard InChI is InChI=1S/C27H32O15/c1-9-5-11-16(12(30)6-9)20(33)17-10(27(11,38)42-26-24(37)22(35)19(32)15(8-29)41-26)3-2-4-13(17)39-25-23(36)21(34)18(31)14(7-28)40-25/h2-6,14-15,18-19,21-26,28-32,34-38H,7-8H2,1H3/t14-,15-,18-,19-,21+,22+,23-,24-,25-,26+,27-/m1/s1. The molecule has 0 bridgehead atoms. The first-order chi connectivity index (χ1) is 19.8. The minimum Gasteiger partial charge on any atom is -0.507 e. The molecule has 15 nitrogen and oxygen atoms in total. The fraction of sp³-hybridized carbons (Fsp3) is 0.519. The second kappa shape index (κ2) is 11.4. The lowest BCUT2D eigenvalue weighted by molar-refractivity contribution is -0.356. The molecule has 0 aromatic heterocycles. The van der Waals surface area contributed by atoms with E-state index in [4.69, 9.17) is 18.9 Å². The maximum absolute atomic E-state index is 13.8. The summed E-state index contributed by atoms with van der Waals surface area (Å²) >= 11 is 0. The van der Waals surface area contributed by atoms with Crippen LogP contribution in [0.2, 0.25) is 0 Å². The monoisotopic (exact) mass is 596 g/mol. The first-order valence-corrected chi connectivity index (χ1v) is 13.0. The predicted molar refractivity (Wildman–Crippen MR) is 135 cm³/mol. The lowest BCUT2D eigenvalue weighted by atomic mass is 9.78. The van der Waals surface area contributed by atoms with Gasteiger partial charge in [0.15, 0.2) is 6.29 Å². The van der Waals surface area contributed by atoms with E-state index in [2.05, 4.69) is 0 Å². The normalized spacial score (nSPS) is 38.1. The van der Waals surface area contributed by atoms with E-state index in [-0.39, 0.29) is 16.9 Å². The smallest absolute Gasteiger partial charge is 0.229 e. The predicted octanol–water partition coefficient (Wildman–Crippen LogP) is -3.57. The van der Waals surface area contributed by atoms with Crippen LogP contribution < -0.4 is 4.74 Å².